The van der Waals surface area contributed by atoms with Crippen molar-refractivity contribution in [1.29, 1.82) is 0 Å². The van der Waals surface area contributed by atoms with E-state index in [1.807, 2.05) is 37.3 Å². The predicted octanol–water partition coefficient (Wildman–Crippen LogP) is 5.05. The van der Waals surface area contributed by atoms with Gasteiger partial charge in [-0.15, -0.1) is 0 Å². The Morgan fingerprint density at radius 1 is 1.19 bits per heavy atom. The number of thioether (sulfide) groups is 1. The van der Waals surface area contributed by atoms with Gasteiger partial charge in [0.2, 0.25) is 0 Å². The molecule has 0 bridgehead atoms. The van der Waals surface area contributed by atoms with Crippen molar-refractivity contribution in [2.45, 2.75) is 13.8 Å². The molecule has 1 amide bonds. The topological polar surface area (TPSA) is 68.2 Å². The van der Waals surface area contributed by atoms with E-state index in [0.29, 0.717) is 46.8 Å². The number of para-hydroxylation sites is 1. The van der Waals surface area contributed by atoms with Gasteiger partial charge in [0, 0.05) is 12.1 Å². The van der Waals surface area contributed by atoms with Gasteiger partial charge in [-0.25, -0.2) is 9.79 Å². The fourth-order valence-corrected chi connectivity index (χ4v) is 3.97. The third-order valence-corrected chi connectivity index (χ3v) is 5.36. The number of nitrogens with zero attached hydrogens (tertiary/aromatic N) is 2. The molecule has 1 heterocycles. The van der Waals surface area contributed by atoms with E-state index in [2.05, 4.69) is 11.6 Å². The van der Waals surface area contributed by atoms with Gasteiger partial charge in [0.05, 0.1) is 22.8 Å². The van der Waals surface area contributed by atoms with Crippen LogP contribution in [-0.4, -0.2) is 41.7 Å². The second kappa shape index (κ2) is 10.6. The van der Waals surface area contributed by atoms with Gasteiger partial charge in [-0.2, -0.15) is 0 Å². The fourth-order valence-electron chi connectivity index (χ4n) is 2.92. The largest absolute Gasteiger partial charge is 0.489 e. The van der Waals surface area contributed by atoms with Crippen molar-refractivity contribution in [3.8, 4) is 5.75 Å². The van der Waals surface area contributed by atoms with Crippen LogP contribution in [0, 0.1) is 0 Å². The van der Waals surface area contributed by atoms with Crippen molar-refractivity contribution < 1.29 is 19.1 Å². The Hall–Kier alpha value is -3.32. The number of rotatable bonds is 8. The van der Waals surface area contributed by atoms with E-state index in [0.717, 1.165) is 5.56 Å². The Kier molecular flexibility index (Phi) is 7.67. The maximum atomic E-state index is 13.0. The lowest BCUT2D eigenvalue weighted by Crippen LogP contribution is -2.28. The molecule has 6 nitrogen and oxygen atoms in total. The molecule has 2 aromatic carbocycles. The Morgan fingerprint density at radius 2 is 2.00 bits per heavy atom. The van der Waals surface area contributed by atoms with Gasteiger partial charge in [-0.05, 0) is 56.0 Å². The number of carbonyl (C=O) groups is 2. The summed E-state index contributed by atoms with van der Waals surface area (Å²) in [5.74, 6) is 0.161. The molecule has 160 valence electrons. The molecule has 1 fully saturated rings. The van der Waals surface area contributed by atoms with Crippen LogP contribution >= 0.6 is 11.8 Å². The third kappa shape index (κ3) is 5.44. The number of likely N-dealkylation sites (N-methyl/N-ethyl adjacent to an activating group) is 1. The van der Waals surface area contributed by atoms with Crippen molar-refractivity contribution in [3.05, 3.63) is 77.2 Å². The molecule has 7 heteroatoms. The molecule has 3 rings (SSSR count). The molecule has 0 radical (unpaired) electrons. The van der Waals surface area contributed by atoms with Crippen molar-refractivity contribution in [2.75, 3.05) is 19.8 Å². The van der Waals surface area contributed by atoms with E-state index in [1.165, 1.54) is 11.8 Å². The zero-order valence-corrected chi connectivity index (χ0v) is 18.4. The SMILES string of the molecule is C=CCOc1ccccc1C=C1SC(=Nc2cccc(C(=O)OCC)c2)N(CC)C1=O. The molecule has 2 aromatic rings. The second-order valence-electron chi connectivity index (χ2n) is 6.46. The Balaban J connectivity index is 1.91. The van der Waals surface area contributed by atoms with Gasteiger partial charge in [-0.3, -0.25) is 9.69 Å². The lowest BCUT2D eigenvalue weighted by atomic mass is 10.2. The molecule has 0 aliphatic carbocycles. The third-order valence-electron chi connectivity index (χ3n) is 4.35. The minimum atomic E-state index is -0.399. The lowest BCUT2D eigenvalue weighted by molar-refractivity contribution is -0.122. The molecule has 0 spiro atoms. The maximum absolute atomic E-state index is 13.0. The summed E-state index contributed by atoms with van der Waals surface area (Å²) < 4.78 is 10.7. The van der Waals surface area contributed by atoms with E-state index in [4.69, 9.17) is 9.47 Å². The summed E-state index contributed by atoms with van der Waals surface area (Å²) in [6.07, 6.45) is 3.49. The number of aliphatic imine (C=N–C) groups is 1. The molecule has 1 aliphatic heterocycles. The van der Waals surface area contributed by atoms with Crippen LogP contribution in [0.5, 0.6) is 5.75 Å². The number of amidine groups is 1. The summed E-state index contributed by atoms with van der Waals surface area (Å²) in [4.78, 5) is 31.7. The first-order chi connectivity index (χ1) is 15.1. The highest BCUT2D eigenvalue weighted by Gasteiger charge is 2.32. The average Bonchev–Trinajstić information content (AvgIpc) is 3.07. The van der Waals surface area contributed by atoms with Gasteiger partial charge in [-0.1, -0.05) is 36.9 Å². The first-order valence-corrected chi connectivity index (χ1v) is 10.8. The number of esters is 1. The molecule has 1 aliphatic rings. The van der Waals surface area contributed by atoms with Crippen LogP contribution in [0.15, 0.2) is 71.1 Å². The van der Waals surface area contributed by atoms with Crippen LogP contribution in [0.25, 0.3) is 6.08 Å². The van der Waals surface area contributed by atoms with Crippen LogP contribution in [-0.2, 0) is 9.53 Å². The van der Waals surface area contributed by atoms with Gasteiger partial charge in [0.25, 0.3) is 5.91 Å². The Labute approximate surface area is 186 Å². The number of carbonyl (C=O) groups excluding carboxylic acids is 2. The quantitative estimate of drug-likeness (QED) is 0.329. The Morgan fingerprint density at radius 3 is 2.74 bits per heavy atom. The van der Waals surface area contributed by atoms with Crippen molar-refractivity contribution in [3.63, 3.8) is 0 Å². The number of amides is 1. The number of hydrogen-bond donors (Lipinski definition) is 0. The molecular formula is C24H24N2O4S. The zero-order valence-electron chi connectivity index (χ0n) is 17.5. The van der Waals surface area contributed by atoms with Gasteiger partial charge < -0.3 is 9.47 Å². The molecule has 0 N–H and O–H groups in total. The maximum Gasteiger partial charge on any atom is 0.338 e. The van der Waals surface area contributed by atoms with Crippen molar-refractivity contribution >= 4 is 40.6 Å². The monoisotopic (exact) mass is 436 g/mol. The van der Waals surface area contributed by atoms with E-state index in [9.17, 15) is 9.59 Å². The molecular weight excluding hydrogens is 412 g/mol. The molecule has 0 aromatic heterocycles. The van der Waals surface area contributed by atoms with Crippen LogP contribution in [0.3, 0.4) is 0 Å². The van der Waals surface area contributed by atoms with E-state index in [-0.39, 0.29) is 5.91 Å². The molecule has 31 heavy (non-hydrogen) atoms. The summed E-state index contributed by atoms with van der Waals surface area (Å²) in [6.45, 7) is 8.49. The number of ether oxygens (including phenoxy) is 2. The second-order valence-corrected chi connectivity index (χ2v) is 7.47. The first-order valence-electron chi connectivity index (χ1n) is 9.97. The number of benzene rings is 2. The van der Waals surface area contributed by atoms with Crippen LogP contribution in [0.1, 0.15) is 29.8 Å². The van der Waals surface area contributed by atoms with Gasteiger partial charge in [0.15, 0.2) is 5.17 Å². The van der Waals surface area contributed by atoms with Gasteiger partial charge in [0.1, 0.15) is 12.4 Å². The van der Waals surface area contributed by atoms with Crippen LogP contribution in [0.4, 0.5) is 5.69 Å². The lowest BCUT2D eigenvalue weighted by Gasteiger charge is -2.12. The van der Waals surface area contributed by atoms with Crippen molar-refractivity contribution in [1.82, 2.24) is 4.90 Å². The zero-order chi connectivity index (χ0) is 22.2. The minimum Gasteiger partial charge on any atom is -0.489 e. The summed E-state index contributed by atoms with van der Waals surface area (Å²) >= 11 is 1.29. The summed E-state index contributed by atoms with van der Waals surface area (Å²) in [6, 6.07) is 14.4. The number of hydrogen-bond acceptors (Lipinski definition) is 6. The summed E-state index contributed by atoms with van der Waals surface area (Å²) in [7, 11) is 0. The predicted molar refractivity (Wildman–Crippen MR) is 125 cm³/mol. The highest BCUT2D eigenvalue weighted by Crippen LogP contribution is 2.35. The van der Waals surface area contributed by atoms with Crippen LogP contribution < -0.4 is 4.74 Å². The van der Waals surface area contributed by atoms with E-state index >= 15 is 0 Å². The molecule has 1 saturated heterocycles. The first kappa shape index (κ1) is 22.4. The Bertz CT molecular complexity index is 1050. The standard InChI is InChI=1S/C24H24N2O4S/c1-4-14-30-20-13-8-7-10-17(20)16-21-22(27)26(5-2)24(31-21)25-19-12-9-11-18(15-19)23(28)29-6-3/h4,7-13,15-16H,1,5-6,14H2,2-3H3. The van der Waals surface area contributed by atoms with Gasteiger partial charge >= 0.3 is 5.97 Å². The molecule has 0 atom stereocenters. The van der Waals surface area contributed by atoms with E-state index in [1.54, 1.807) is 42.2 Å². The fraction of sp³-hybridized carbons (Fsp3) is 0.208. The highest BCUT2D eigenvalue weighted by atomic mass is 32.2. The minimum absolute atomic E-state index is 0.119. The summed E-state index contributed by atoms with van der Waals surface area (Å²) in [5.41, 5.74) is 1.81. The average molecular weight is 437 g/mol. The van der Waals surface area contributed by atoms with E-state index < -0.39 is 5.97 Å². The molecule has 0 unspecified atom stereocenters. The van der Waals surface area contributed by atoms with Crippen molar-refractivity contribution in [2.24, 2.45) is 4.99 Å². The normalized spacial score (nSPS) is 16.1. The molecule has 0 saturated carbocycles. The highest BCUT2D eigenvalue weighted by molar-refractivity contribution is 8.18. The smallest absolute Gasteiger partial charge is 0.338 e. The summed E-state index contributed by atoms with van der Waals surface area (Å²) in [5, 5.41) is 0.559. The van der Waals surface area contributed by atoms with Crippen LogP contribution in [0.2, 0.25) is 0 Å².